The highest BCUT2D eigenvalue weighted by Gasteiger charge is 2.21. The fraction of sp³-hybridized carbons (Fsp3) is 0.357. The van der Waals surface area contributed by atoms with Crippen molar-refractivity contribution in [1.29, 1.82) is 0 Å². The van der Waals surface area contributed by atoms with Crippen LogP contribution in [0.4, 0.5) is 10.2 Å². The highest BCUT2D eigenvalue weighted by molar-refractivity contribution is 6.31. The van der Waals surface area contributed by atoms with E-state index in [1.54, 1.807) is 12.1 Å². The van der Waals surface area contributed by atoms with E-state index in [4.69, 9.17) is 17.3 Å². The van der Waals surface area contributed by atoms with Crippen molar-refractivity contribution in [3.05, 3.63) is 34.7 Å². The van der Waals surface area contributed by atoms with Crippen molar-refractivity contribution >= 4 is 17.4 Å². The Bertz CT molecular complexity index is 580. The first-order valence-corrected chi connectivity index (χ1v) is 6.72. The molecule has 0 aliphatic carbocycles. The van der Waals surface area contributed by atoms with Crippen LogP contribution < -0.4 is 5.73 Å². The summed E-state index contributed by atoms with van der Waals surface area (Å²) in [5.41, 5.74) is 7.76. The molecule has 0 bridgehead atoms. The van der Waals surface area contributed by atoms with Gasteiger partial charge in [-0.1, -0.05) is 44.0 Å². The Morgan fingerprint density at radius 3 is 2.89 bits per heavy atom. The number of nitrogens with zero attached hydrogens (tertiary/aromatic N) is 1. The minimum Gasteiger partial charge on any atom is -0.382 e. The molecule has 2 aromatic rings. The maximum atomic E-state index is 14.1. The van der Waals surface area contributed by atoms with Gasteiger partial charge in [-0.2, -0.15) is 5.10 Å². The molecule has 0 saturated carbocycles. The Balaban J connectivity index is 2.55. The van der Waals surface area contributed by atoms with Crippen LogP contribution in [0.25, 0.3) is 11.1 Å². The fourth-order valence-electron chi connectivity index (χ4n) is 2.28. The molecule has 1 aromatic heterocycles. The third-order valence-corrected chi connectivity index (χ3v) is 3.55. The molecule has 19 heavy (non-hydrogen) atoms. The number of nitrogens with one attached hydrogen (secondary N) is 1. The van der Waals surface area contributed by atoms with Crippen LogP contribution in [0.3, 0.4) is 0 Å². The molecule has 5 heteroatoms. The van der Waals surface area contributed by atoms with Crippen LogP contribution in [0.5, 0.6) is 0 Å². The molecule has 3 nitrogen and oxygen atoms in total. The summed E-state index contributed by atoms with van der Waals surface area (Å²) < 4.78 is 14.1. The summed E-state index contributed by atoms with van der Waals surface area (Å²) in [6.07, 6.45) is 2.02. The van der Waals surface area contributed by atoms with Crippen LogP contribution in [-0.2, 0) is 0 Å². The summed E-state index contributed by atoms with van der Waals surface area (Å²) in [7, 11) is 0. The number of rotatable bonds is 4. The molecule has 0 radical (unpaired) electrons. The number of hydrogen-bond donors (Lipinski definition) is 2. The lowest BCUT2D eigenvalue weighted by atomic mass is 9.94. The van der Waals surface area contributed by atoms with Crippen molar-refractivity contribution in [2.24, 2.45) is 0 Å². The van der Waals surface area contributed by atoms with E-state index in [0.717, 1.165) is 18.5 Å². The molecule has 0 fully saturated rings. The van der Waals surface area contributed by atoms with Crippen LogP contribution in [0.1, 0.15) is 38.3 Å². The number of aromatic amines is 1. The third kappa shape index (κ3) is 2.59. The second kappa shape index (κ2) is 5.61. The summed E-state index contributed by atoms with van der Waals surface area (Å²) in [6.45, 7) is 4.18. The van der Waals surface area contributed by atoms with E-state index < -0.39 is 5.82 Å². The first-order chi connectivity index (χ1) is 9.06. The molecular weight excluding hydrogens is 265 g/mol. The van der Waals surface area contributed by atoms with E-state index in [-0.39, 0.29) is 10.9 Å². The number of hydrogen-bond acceptors (Lipinski definition) is 2. The molecule has 1 unspecified atom stereocenters. The van der Waals surface area contributed by atoms with E-state index >= 15 is 0 Å². The number of anilines is 1. The van der Waals surface area contributed by atoms with E-state index in [1.165, 1.54) is 6.07 Å². The minimum atomic E-state index is -0.456. The standard InChI is InChI=1S/C14H17ClFN3/c1-3-5-8(2)13-11(14(17)19-18-13)9-6-4-7-10(15)12(9)16/h4,6-8H,3,5H2,1-2H3,(H3,17,18,19). The molecule has 0 spiro atoms. The van der Waals surface area contributed by atoms with E-state index in [1.807, 2.05) is 0 Å². The van der Waals surface area contributed by atoms with E-state index in [0.29, 0.717) is 16.9 Å². The summed E-state index contributed by atoms with van der Waals surface area (Å²) in [5.74, 6) is 0.0875. The second-order valence-corrected chi connectivity index (χ2v) is 5.10. The minimum absolute atomic E-state index is 0.0900. The average Bonchev–Trinajstić information content (AvgIpc) is 2.75. The van der Waals surface area contributed by atoms with Crippen molar-refractivity contribution < 1.29 is 4.39 Å². The molecule has 0 aliphatic heterocycles. The molecular formula is C14H17ClFN3. The number of nitrogen functional groups attached to an aromatic ring is 1. The average molecular weight is 282 g/mol. The monoisotopic (exact) mass is 281 g/mol. The number of H-pyrrole nitrogens is 1. The van der Waals surface area contributed by atoms with Crippen molar-refractivity contribution in [2.45, 2.75) is 32.6 Å². The van der Waals surface area contributed by atoms with Gasteiger partial charge in [0.1, 0.15) is 5.82 Å². The Kier molecular flexibility index (Phi) is 4.10. The van der Waals surface area contributed by atoms with Gasteiger partial charge in [0.2, 0.25) is 0 Å². The first kappa shape index (κ1) is 13.9. The van der Waals surface area contributed by atoms with Gasteiger partial charge in [-0.15, -0.1) is 0 Å². The SMILES string of the molecule is CCCC(C)c1[nH]nc(N)c1-c1cccc(Cl)c1F. The van der Waals surface area contributed by atoms with Gasteiger partial charge in [0.25, 0.3) is 0 Å². The maximum absolute atomic E-state index is 14.1. The van der Waals surface area contributed by atoms with Gasteiger partial charge in [-0.3, -0.25) is 5.10 Å². The van der Waals surface area contributed by atoms with Crippen molar-refractivity contribution in [3.63, 3.8) is 0 Å². The predicted molar refractivity (Wildman–Crippen MR) is 76.7 cm³/mol. The van der Waals surface area contributed by atoms with Crippen molar-refractivity contribution in [3.8, 4) is 11.1 Å². The Morgan fingerprint density at radius 1 is 1.47 bits per heavy atom. The fourth-order valence-corrected chi connectivity index (χ4v) is 2.46. The van der Waals surface area contributed by atoms with Crippen molar-refractivity contribution in [1.82, 2.24) is 10.2 Å². The third-order valence-electron chi connectivity index (χ3n) is 3.26. The summed E-state index contributed by atoms with van der Waals surface area (Å²) in [4.78, 5) is 0. The van der Waals surface area contributed by atoms with Crippen LogP contribution in [0.15, 0.2) is 18.2 Å². The molecule has 2 rings (SSSR count). The quantitative estimate of drug-likeness (QED) is 0.875. The van der Waals surface area contributed by atoms with Crippen LogP contribution >= 0.6 is 11.6 Å². The number of halogens is 2. The number of aromatic nitrogens is 2. The summed E-state index contributed by atoms with van der Waals surface area (Å²) in [5, 5.41) is 7.02. The zero-order valence-corrected chi connectivity index (χ0v) is 11.8. The van der Waals surface area contributed by atoms with Gasteiger partial charge in [0, 0.05) is 16.8 Å². The zero-order chi connectivity index (χ0) is 14.0. The van der Waals surface area contributed by atoms with Crippen LogP contribution in [0, 0.1) is 5.82 Å². The maximum Gasteiger partial charge on any atom is 0.153 e. The molecule has 102 valence electrons. The highest BCUT2D eigenvalue weighted by atomic mass is 35.5. The molecule has 0 amide bonds. The Labute approximate surface area is 117 Å². The lowest BCUT2D eigenvalue weighted by Gasteiger charge is -2.12. The lowest BCUT2D eigenvalue weighted by Crippen LogP contribution is -1.98. The number of benzene rings is 1. The zero-order valence-electron chi connectivity index (χ0n) is 11.0. The van der Waals surface area contributed by atoms with Gasteiger partial charge in [-0.05, 0) is 18.4 Å². The smallest absolute Gasteiger partial charge is 0.153 e. The molecule has 1 aromatic carbocycles. The van der Waals surface area contributed by atoms with Gasteiger partial charge in [0.05, 0.1) is 5.02 Å². The summed E-state index contributed by atoms with van der Waals surface area (Å²) >= 11 is 5.83. The van der Waals surface area contributed by atoms with Gasteiger partial charge >= 0.3 is 0 Å². The van der Waals surface area contributed by atoms with Gasteiger partial charge in [-0.25, -0.2) is 4.39 Å². The first-order valence-electron chi connectivity index (χ1n) is 6.34. The van der Waals surface area contributed by atoms with Gasteiger partial charge < -0.3 is 5.73 Å². The molecule has 3 N–H and O–H groups in total. The van der Waals surface area contributed by atoms with Crippen LogP contribution in [0.2, 0.25) is 5.02 Å². The van der Waals surface area contributed by atoms with E-state index in [2.05, 4.69) is 24.0 Å². The second-order valence-electron chi connectivity index (χ2n) is 4.69. The lowest BCUT2D eigenvalue weighted by molar-refractivity contribution is 0.628. The molecule has 1 heterocycles. The highest BCUT2D eigenvalue weighted by Crippen LogP contribution is 2.37. The summed E-state index contributed by atoms with van der Waals surface area (Å²) in [6, 6.07) is 4.90. The van der Waals surface area contributed by atoms with Crippen molar-refractivity contribution in [2.75, 3.05) is 5.73 Å². The topological polar surface area (TPSA) is 54.7 Å². The van der Waals surface area contributed by atoms with Crippen LogP contribution in [-0.4, -0.2) is 10.2 Å². The molecule has 0 aliphatic rings. The Morgan fingerprint density at radius 2 is 2.21 bits per heavy atom. The predicted octanol–water partition coefficient (Wildman–Crippen LogP) is 4.36. The normalized spacial score (nSPS) is 12.6. The molecule has 1 atom stereocenters. The van der Waals surface area contributed by atoms with E-state index in [9.17, 15) is 4.39 Å². The van der Waals surface area contributed by atoms with Gasteiger partial charge in [0.15, 0.2) is 5.82 Å². The largest absolute Gasteiger partial charge is 0.382 e. The Hall–Kier alpha value is -1.55. The molecule has 0 saturated heterocycles. The number of nitrogens with two attached hydrogens (primary N) is 1.